The first-order chi connectivity index (χ1) is 8.79. The summed E-state index contributed by atoms with van der Waals surface area (Å²) in [6.07, 6.45) is 6.24. The van der Waals surface area contributed by atoms with Gasteiger partial charge in [-0.3, -0.25) is 4.79 Å². The molecule has 0 aromatic rings. The number of rotatable bonds is 4. The van der Waals surface area contributed by atoms with Gasteiger partial charge >= 0.3 is 5.97 Å². The van der Waals surface area contributed by atoms with Crippen molar-refractivity contribution in [2.75, 3.05) is 0 Å². The lowest BCUT2D eigenvalue weighted by atomic mass is 9.58. The highest BCUT2D eigenvalue weighted by Crippen LogP contribution is 2.52. The highest BCUT2D eigenvalue weighted by atomic mass is 16.4. The molecule has 2 unspecified atom stereocenters. The second kappa shape index (κ2) is 5.43. The molecule has 2 bridgehead atoms. The van der Waals surface area contributed by atoms with Gasteiger partial charge in [0.25, 0.3) is 0 Å². The third-order valence-electron chi connectivity index (χ3n) is 5.37. The maximum Gasteiger partial charge on any atom is 0.308 e. The van der Waals surface area contributed by atoms with Crippen LogP contribution in [-0.4, -0.2) is 22.3 Å². The predicted molar refractivity (Wildman–Crippen MR) is 74.8 cm³/mol. The molecule has 110 valence electrons. The third kappa shape index (κ3) is 3.50. The van der Waals surface area contributed by atoms with Crippen LogP contribution in [0.2, 0.25) is 0 Å². The predicted octanol–water partition coefficient (Wildman–Crippen LogP) is 3.31. The average Bonchev–Trinajstić information content (AvgIpc) is 2.24. The lowest BCUT2D eigenvalue weighted by molar-refractivity contribution is -0.146. The van der Waals surface area contributed by atoms with Crippen molar-refractivity contribution < 1.29 is 15.0 Å². The van der Waals surface area contributed by atoms with Crippen molar-refractivity contribution in [3.63, 3.8) is 0 Å². The summed E-state index contributed by atoms with van der Waals surface area (Å²) in [6.45, 7) is 6.21. The van der Waals surface area contributed by atoms with E-state index in [0.29, 0.717) is 6.42 Å². The standard InChI is InChI=1S/C16H28O3/c1-10-4-12-6-13(5-10)8-16(3,7-12)9-14(17)11(2)15(18)19/h10-14,17H,4-9H2,1-3H3,(H,18,19)/t10?,11-,12?,13?,14-,16?/m1/s1. The smallest absolute Gasteiger partial charge is 0.308 e. The van der Waals surface area contributed by atoms with Gasteiger partial charge in [0.05, 0.1) is 12.0 Å². The molecule has 0 saturated heterocycles. The summed E-state index contributed by atoms with van der Waals surface area (Å²) in [7, 11) is 0. The van der Waals surface area contributed by atoms with Crippen LogP contribution in [-0.2, 0) is 4.79 Å². The van der Waals surface area contributed by atoms with Gasteiger partial charge < -0.3 is 10.2 Å². The third-order valence-corrected chi connectivity index (χ3v) is 5.37. The highest BCUT2D eigenvalue weighted by Gasteiger charge is 2.42. The monoisotopic (exact) mass is 268 g/mol. The molecule has 2 fully saturated rings. The number of carbonyl (C=O) groups is 1. The van der Waals surface area contributed by atoms with Gasteiger partial charge in [-0.1, -0.05) is 13.8 Å². The largest absolute Gasteiger partial charge is 0.481 e. The van der Waals surface area contributed by atoms with Crippen molar-refractivity contribution in [1.82, 2.24) is 0 Å². The van der Waals surface area contributed by atoms with Gasteiger partial charge in [-0.25, -0.2) is 0 Å². The van der Waals surface area contributed by atoms with Crippen molar-refractivity contribution in [2.45, 2.75) is 65.4 Å². The Morgan fingerprint density at radius 1 is 1.26 bits per heavy atom. The van der Waals surface area contributed by atoms with Gasteiger partial charge in [0.15, 0.2) is 0 Å². The van der Waals surface area contributed by atoms with E-state index in [1.165, 1.54) is 19.3 Å². The number of carboxylic acid groups (broad SMARTS) is 1. The molecule has 2 aliphatic carbocycles. The molecule has 4 atom stereocenters. The zero-order valence-electron chi connectivity index (χ0n) is 12.4. The van der Waals surface area contributed by atoms with Gasteiger partial charge in [-0.05, 0) is 68.6 Å². The van der Waals surface area contributed by atoms with E-state index in [4.69, 9.17) is 5.11 Å². The number of aliphatic hydroxyl groups excluding tert-OH is 1. The van der Waals surface area contributed by atoms with E-state index in [0.717, 1.165) is 30.6 Å². The zero-order valence-corrected chi connectivity index (χ0v) is 12.4. The maximum absolute atomic E-state index is 11.0. The Labute approximate surface area is 116 Å². The quantitative estimate of drug-likeness (QED) is 0.822. The number of aliphatic carboxylic acids is 1. The van der Waals surface area contributed by atoms with Crippen LogP contribution in [0.4, 0.5) is 0 Å². The number of carboxylic acids is 1. The van der Waals surface area contributed by atoms with E-state index in [1.807, 2.05) is 0 Å². The lowest BCUT2D eigenvalue weighted by Gasteiger charge is -2.48. The molecule has 2 saturated carbocycles. The maximum atomic E-state index is 11.0. The Hall–Kier alpha value is -0.570. The summed E-state index contributed by atoms with van der Waals surface area (Å²) in [5, 5.41) is 19.1. The van der Waals surface area contributed by atoms with Crippen molar-refractivity contribution >= 4 is 5.97 Å². The Morgan fingerprint density at radius 2 is 1.79 bits per heavy atom. The van der Waals surface area contributed by atoms with Crippen molar-refractivity contribution in [2.24, 2.45) is 29.1 Å². The fourth-order valence-electron chi connectivity index (χ4n) is 4.72. The summed E-state index contributed by atoms with van der Waals surface area (Å²) in [4.78, 5) is 11.0. The van der Waals surface area contributed by atoms with Crippen LogP contribution < -0.4 is 0 Å². The molecule has 0 aliphatic heterocycles. The highest BCUT2D eigenvalue weighted by molar-refractivity contribution is 5.70. The summed E-state index contributed by atoms with van der Waals surface area (Å²) in [5.41, 5.74) is 0.136. The van der Waals surface area contributed by atoms with Crippen LogP contribution in [0.25, 0.3) is 0 Å². The van der Waals surface area contributed by atoms with E-state index in [2.05, 4.69) is 13.8 Å². The first-order valence-electron chi connectivity index (χ1n) is 7.70. The first-order valence-corrected chi connectivity index (χ1v) is 7.70. The van der Waals surface area contributed by atoms with E-state index >= 15 is 0 Å². The molecule has 0 radical (unpaired) electrons. The molecular weight excluding hydrogens is 240 g/mol. The second-order valence-corrected chi connectivity index (χ2v) is 7.66. The van der Waals surface area contributed by atoms with Crippen LogP contribution in [0.15, 0.2) is 0 Å². The molecule has 0 spiro atoms. The van der Waals surface area contributed by atoms with Crippen LogP contribution in [0, 0.1) is 29.1 Å². The van der Waals surface area contributed by atoms with Crippen LogP contribution in [0.1, 0.15) is 59.3 Å². The normalized spacial score (nSPS) is 41.6. The molecule has 2 N–H and O–H groups in total. The van der Waals surface area contributed by atoms with Gasteiger partial charge in [-0.2, -0.15) is 0 Å². The topological polar surface area (TPSA) is 57.5 Å². The van der Waals surface area contributed by atoms with Gasteiger partial charge in [-0.15, -0.1) is 0 Å². The molecule has 2 aliphatic rings. The Balaban J connectivity index is 1.98. The van der Waals surface area contributed by atoms with Crippen molar-refractivity contribution in [3.8, 4) is 0 Å². The minimum Gasteiger partial charge on any atom is -0.481 e. The molecule has 0 heterocycles. The molecule has 0 aromatic carbocycles. The van der Waals surface area contributed by atoms with Crippen LogP contribution in [0.3, 0.4) is 0 Å². The van der Waals surface area contributed by atoms with Gasteiger partial charge in [0.2, 0.25) is 0 Å². The number of aliphatic hydroxyl groups is 1. The number of hydrogen-bond acceptors (Lipinski definition) is 2. The zero-order chi connectivity index (χ0) is 14.2. The van der Waals surface area contributed by atoms with E-state index in [-0.39, 0.29) is 5.41 Å². The lowest BCUT2D eigenvalue weighted by Crippen LogP contribution is -2.40. The number of fused-ring (bicyclic) bond motifs is 2. The first kappa shape index (κ1) is 14.8. The fourth-order valence-corrected chi connectivity index (χ4v) is 4.72. The molecule has 0 amide bonds. The van der Waals surface area contributed by atoms with Crippen LogP contribution >= 0.6 is 0 Å². The Bertz CT molecular complexity index is 321. The van der Waals surface area contributed by atoms with Crippen LogP contribution in [0.5, 0.6) is 0 Å². The fraction of sp³-hybridized carbons (Fsp3) is 0.938. The van der Waals surface area contributed by atoms with E-state index in [1.54, 1.807) is 6.92 Å². The molecule has 0 aromatic heterocycles. The van der Waals surface area contributed by atoms with Gasteiger partial charge in [0.1, 0.15) is 0 Å². The molecule has 3 nitrogen and oxygen atoms in total. The number of hydrogen-bond donors (Lipinski definition) is 2. The molecular formula is C16H28O3. The Morgan fingerprint density at radius 3 is 2.26 bits per heavy atom. The molecule has 19 heavy (non-hydrogen) atoms. The van der Waals surface area contributed by atoms with Gasteiger partial charge in [0, 0.05) is 0 Å². The molecule has 3 heteroatoms. The second-order valence-electron chi connectivity index (χ2n) is 7.66. The average molecular weight is 268 g/mol. The van der Waals surface area contributed by atoms with Crippen molar-refractivity contribution in [3.05, 3.63) is 0 Å². The van der Waals surface area contributed by atoms with E-state index < -0.39 is 18.0 Å². The minimum absolute atomic E-state index is 0.136. The summed E-state index contributed by atoms with van der Waals surface area (Å²) >= 11 is 0. The summed E-state index contributed by atoms with van der Waals surface area (Å²) < 4.78 is 0. The Kier molecular flexibility index (Phi) is 4.24. The SMILES string of the molecule is CC1CC2CC(C1)CC(C)(C[C@@H](O)[C@@H](C)C(=O)O)C2. The summed E-state index contributed by atoms with van der Waals surface area (Å²) in [5.74, 6) is 0.883. The minimum atomic E-state index is -0.888. The van der Waals surface area contributed by atoms with E-state index in [9.17, 15) is 9.90 Å². The molecule has 2 rings (SSSR count). The summed E-state index contributed by atoms with van der Waals surface area (Å²) in [6, 6.07) is 0. The van der Waals surface area contributed by atoms with Crippen molar-refractivity contribution in [1.29, 1.82) is 0 Å².